The Morgan fingerprint density at radius 3 is 1.75 bits per heavy atom. The van der Waals surface area contributed by atoms with Gasteiger partial charge >= 0.3 is 0 Å². The fourth-order valence-corrected chi connectivity index (χ4v) is 0.0373. The van der Waals surface area contributed by atoms with Gasteiger partial charge in [-0.25, -0.2) is 10.9 Å². The van der Waals surface area contributed by atoms with Crippen LogP contribution in [0.4, 0.5) is 0 Å². The molecule has 1 fully saturated rings. The van der Waals surface area contributed by atoms with Gasteiger partial charge in [0.25, 0.3) is 0 Å². The van der Waals surface area contributed by atoms with Crippen LogP contribution in [0.5, 0.6) is 0 Å². The van der Waals surface area contributed by atoms with Crippen molar-refractivity contribution in [2.24, 2.45) is 0 Å². The highest BCUT2D eigenvalue weighted by Crippen LogP contribution is 1.71. The van der Waals surface area contributed by atoms with Gasteiger partial charge in [0.1, 0.15) is 0 Å². The van der Waals surface area contributed by atoms with Gasteiger partial charge in [0.05, 0.1) is 0 Å². The van der Waals surface area contributed by atoms with E-state index >= 15 is 0 Å². The minimum Gasteiger partial charge on any atom is -0.363 e. The lowest BCUT2D eigenvalue weighted by Crippen LogP contribution is -1.81. The SMILES string of the molecule is OC1NN1. The number of nitrogens with one attached hydrogen (secondary N) is 2. The zero-order valence-corrected chi connectivity index (χ0v) is 2.02. The van der Waals surface area contributed by atoms with Crippen LogP contribution in [0.1, 0.15) is 0 Å². The Morgan fingerprint density at radius 1 is 1.50 bits per heavy atom. The van der Waals surface area contributed by atoms with Gasteiger partial charge in [0, 0.05) is 0 Å². The summed E-state index contributed by atoms with van der Waals surface area (Å²) >= 11 is 0. The van der Waals surface area contributed by atoms with Crippen LogP contribution in [0.25, 0.3) is 0 Å². The van der Waals surface area contributed by atoms with E-state index in [2.05, 4.69) is 10.9 Å². The fraction of sp³-hybridized carbons (Fsp3) is 1.00. The summed E-state index contributed by atoms with van der Waals surface area (Å²) in [7, 11) is 0. The minimum atomic E-state index is -0.417. The molecule has 0 saturated carbocycles. The molecule has 0 bridgehead atoms. The van der Waals surface area contributed by atoms with E-state index in [1.165, 1.54) is 0 Å². The molecule has 1 aliphatic rings. The third-order valence-corrected chi connectivity index (χ3v) is 0.273. The second-order valence-electron chi connectivity index (χ2n) is 0.691. The van der Waals surface area contributed by atoms with Crippen LogP contribution in [0.3, 0.4) is 0 Å². The van der Waals surface area contributed by atoms with Gasteiger partial charge in [0.15, 0.2) is 6.35 Å². The quantitative estimate of drug-likeness (QED) is 0.294. The van der Waals surface area contributed by atoms with Crippen LogP contribution in [-0.4, -0.2) is 11.5 Å². The number of aliphatic hydroxyl groups excluding tert-OH is 1. The predicted molar refractivity (Wildman–Crippen MR) is 12.3 cm³/mol. The molecule has 0 amide bonds. The van der Waals surface area contributed by atoms with Crippen LogP contribution in [0, 0.1) is 0 Å². The first-order valence-electron chi connectivity index (χ1n) is 1.09. The van der Waals surface area contributed by atoms with Gasteiger partial charge in [-0.2, -0.15) is 0 Å². The van der Waals surface area contributed by atoms with Crippen molar-refractivity contribution in [3.8, 4) is 0 Å². The molecule has 3 N–H and O–H groups in total. The Hall–Kier alpha value is -0.120. The maximum atomic E-state index is 7.94. The largest absolute Gasteiger partial charge is 0.363 e. The molecule has 3 heteroatoms. The van der Waals surface area contributed by atoms with Gasteiger partial charge in [-0.15, -0.1) is 0 Å². The third kappa shape index (κ3) is 0.176. The van der Waals surface area contributed by atoms with Crippen LogP contribution >= 0.6 is 0 Å². The molecule has 3 nitrogen and oxygen atoms in total. The Balaban J connectivity index is 2.17. The van der Waals surface area contributed by atoms with Crippen LogP contribution in [0.15, 0.2) is 0 Å². The Morgan fingerprint density at radius 2 is 1.75 bits per heavy atom. The summed E-state index contributed by atoms with van der Waals surface area (Å²) in [6.45, 7) is 0. The summed E-state index contributed by atoms with van der Waals surface area (Å²) in [6, 6.07) is 0. The zero-order chi connectivity index (χ0) is 2.99. The van der Waals surface area contributed by atoms with Gasteiger partial charge in [-0.05, 0) is 0 Å². The van der Waals surface area contributed by atoms with Crippen LogP contribution in [-0.2, 0) is 0 Å². The monoisotopic (exact) mass is 60.0 g/mol. The third-order valence-electron chi connectivity index (χ3n) is 0.273. The summed E-state index contributed by atoms with van der Waals surface area (Å²) in [5.74, 6) is 0. The fourth-order valence-electron chi connectivity index (χ4n) is 0.0373. The van der Waals surface area contributed by atoms with Crippen molar-refractivity contribution in [3.05, 3.63) is 0 Å². The standard InChI is InChI=1S/CH4N2O/c4-1-2-3-1/h1-4H. The number of hydrogen-bond donors (Lipinski definition) is 3. The van der Waals surface area contributed by atoms with Gasteiger partial charge in [0.2, 0.25) is 0 Å². The average molecular weight is 60.1 g/mol. The first-order chi connectivity index (χ1) is 1.89. The number of rotatable bonds is 0. The van der Waals surface area contributed by atoms with E-state index in [1.807, 2.05) is 0 Å². The lowest BCUT2D eigenvalue weighted by Gasteiger charge is -1.53. The molecule has 24 valence electrons. The van der Waals surface area contributed by atoms with E-state index in [4.69, 9.17) is 5.11 Å². The highest BCUT2D eigenvalue weighted by Gasteiger charge is 2.11. The normalized spacial score (nSPS) is 26.2. The molecule has 0 aromatic rings. The van der Waals surface area contributed by atoms with E-state index in [0.29, 0.717) is 0 Å². The molecule has 0 aliphatic carbocycles. The van der Waals surface area contributed by atoms with Crippen molar-refractivity contribution < 1.29 is 5.11 Å². The Kier molecular flexibility index (Phi) is 0.228. The molecular formula is CH4N2O. The first kappa shape index (κ1) is 2.14. The predicted octanol–water partition coefficient (Wildman–Crippen LogP) is -1.63. The molecule has 0 radical (unpaired) electrons. The smallest absolute Gasteiger partial charge is 0.186 e. The van der Waals surface area contributed by atoms with Gasteiger partial charge < -0.3 is 5.11 Å². The molecule has 0 spiro atoms. The first-order valence-corrected chi connectivity index (χ1v) is 1.09. The highest BCUT2D eigenvalue weighted by molar-refractivity contribution is 4.50. The molecule has 1 saturated heterocycles. The summed E-state index contributed by atoms with van der Waals surface area (Å²) < 4.78 is 0. The number of hydrazine groups is 1. The molecule has 1 rings (SSSR count). The molecule has 4 heavy (non-hydrogen) atoms. The van der Waals surface area contributed by atoms with Crippen LogP contribution in [0.2, 0.25) is 0 Å². The maximum Gasteiger partial charge on any atom is 0.186 e. The van der Waals surface area contributed by atoms with E-state index < -0.39 is 6.35 Å². The van der Waals surface area contributed by atoms with Crippen LogP contribution < -0.4 is 10.9 Å². The average Bonchev–Trinajstić information content (AvgIpc) is 1.75. The number of hydrogen-bond acceptors (Lipinski definition) is 3. The topological polar surface area (TPSA) is 64.1 Å². The van der Waals surface area contributed by atoms with E-state index in [0.717, 1.165) is 0 Å². The van der Waals surface area contributed by atoms with Crippen molar-refractivity contribution in [3.63, 3.8) is 0 Å². The Labute approximate surface area is 23.6 Å². The van der Waals surface area contributed by atoms with Crippen molar-refractivity contribution in [2.75, 3.05) is 0 Å². The molecule has 0 aromatic carbocycles. The van der Waals surface area contributed by atoms with Crippen molar-refractivity contribution in [2.45, 2.75) is 6.35 Å². The lowest BCUT2D eigenvalue weighted by atomic mass is 11.3. The van der Waals surface area contributed by atoms with E-state index in [-0.39, 0.29) is 0 Å². The van der Waals surface area contributed by atoms with Crippen molar-refractivity contribution >= 4 is 0 Å². The molecule has 0 atom stereocenters. The molecular weight excluding hydrogens is 56.0 g/mol. The molecule has 1 heterocycles. The van der Waals surface area contributed by atoms with E-state index in [9.17, 15) is 0 Å². The molecule has 0 aromatic heterocycles. The summed E-state index contributed by atoms with van der Waals surface area (Å²) in [5, 5.41) is 7.94. The minimum absolute atomic E-state index is 0.417. The van der Waals surface area contributed by atoms with E-state index in [1.54, 1.807) is 0 Å². The molecule has 1 aliphatic heterocycles. The van der Waals surface area contributed by atoms with Gasteiger partial charge in [-0.3, -0.25) is 0 Å². The molecule has 0 unspecified atom stereocenters. The second-order valence-corrected chi connectivity index (χ2v) is 0.691. The second kappa shape index (κ2) is 0.427. The highest BCUT2D eigenvalue weighted by atomic mass is 16.4. The summed E-state index contributed by atoms with van der Waals surface area (Å²) in [6.07, 6.45) is -0.417. The summed E-state index contributed by atoms with van der Waals surface area (Å²) in [5.41, 5.74) is 4.81. The lowest BCUT2D eigenvalue weighted by molar-refractivity contribution is 0.263. The van der Waals surface area contributed by atoms with Crippen molar-refractivity contribution in [1.29, 1.82) is 0 Å². The number of aliphatic hydroxyl groups is 1. The van der Waals surface area contributed by atoms with Gasteiger partial charge in [-0.1, -0.05) is 0 Å². The maximum absolute atomic E-state index is 7.94. The van der Waals surface area contributed by atoms with Crippen molar-refractivity contribution in [1.82, 2.24) is 10.9 Å². The Bertz CT molecular complexity index is 25.2. The summed E-state index contributed by atoms with van der Waals surface area (Å²) in [4.78, 5) is 0. The zero-order valence-electron chi connectivity index (χ0n) is 2.02.